The maximum atomic E-state index is 9.44. The van der Waals surface area contributed by atoms with Gasteiger partial charge in [-0.05, 0) is 94.0 Å². The number of benzene rings is 8. The molecule has 0 atom stereocenters. The van der Waals surface area contributed by atoms with Crippen LogP contribution < -0.4 is 4.90 Å². The van der Waals surface area contributed by atoms with Crippen molar-refractivity contribution in [3.63, 3.8) is 0 Å². The zero-order chi connectivity index (χ0) is 30.6. The van der Waals surface area contributed by atoms with Gasteiger partial charge in [0.1, 0.15) is 0 Å². The van der Waals surface area contributed by atoms with Gasteiger partial charge in [-0.25, -0.2) is 0 Å². The first-order chi connectivity index (χ1) is 22.8. The zero-order valence-electron chi connectivity index (χ0n) is 24.9. The zero-order valence-corrected chi connectivity index (χ0v) is 24.9. The van der Waals surface area contributed by atoms with E-state index in [0.29, 0.717) is 5.56 Å². The third kappa shape index (κ3) is 3.98. The van der Waals surface area contributed by atoms with Crippen LogP contribution in [0.3, 0.4) is 0 Å². The summed E-state index contributed by atoms with van der Waals surface area (Å²) in [7, 11) is 0. The summed E-state index contributed by atoms with van der Waals surface area (Å²) in [5, 5.41) is 16.9. The van der Waals surface area contributed by atoms with Crippen LogP contribution in [0.4, 0.5) is 17.1 Å². The maximum Gasteiger partial charge on any atom is 0.0991 e. The Kier molecular flexibility index (Phi) is 5.88. The smallest absolute Gasteiger partial charge is 0.0991 e. The Balaban J connectivity index is 1.21. The number of nitrogens with zero attached hydrogens (tertiary/aromatic N) is 3. The second-order valence-corrected chi connectivity index (χ2v) is 11.7. The summed E-state index contributed by atoms with van der Waals surface area (Å²) in [5.41, 5.74) is 9.79. The number of nitriles is 1. The van der Waals surface area contributed by atoms with E-state index in [0.717, 1.165) is 17.1 Å². The predicted molar refractivity (Wildman–Crippen MR) is 192 cm³/mol. The fourth-order valence-electron chi connectivity index (χ4n) is 7.10. The van der Waals surface area contributed by atoms with Gasteiger partial charge in [0, 0.05) is 33.2 Å². The quantitative estimate of drug-likeness (QED) is 0.188. The van der Waals surface area contributed by atoms with Crippen molar-refractivity contribution in [2.45, 2.75) is 0 Å². The van der Waals surface area contributed by atoms with Gasteiger partial charge >= 0.3 is 0 Å². The van der Waals surface area contributed by atoms with E-state index in [1.807, 2.05) is 24.3 Å². The van der Waals surface area contributed by atoms with Crippen molar-refractivity contribution in [3.8, 4) is 22.9 Å². The summed E-state index contributed by atoms with van der Waals surface area (Å²) < 4.78 is 2.39. The first-order valence-electron chi connectivity index (χ1n) is 15.5. The van der Waals surface area contributed by atoms with Crippen LogP contribution in [0.1, 0.15) is 5.56 Å². The van der Waals surface area contributed by atoms with Gasteiger partial charge in [-0.2, -0.15) is 5.26 Å². The minimum atomic E-state index is 0.645. The lowest BCUT2D eigenvalue weighted by Gasteiger charge is -2.27. The fraction of sp³-hybridized carbons (Fsp3) is 0. The predicted octanol–water partition coefficient (Wildman–Crippen LogP) is 11.5. The molecule has 3 heteroatoms. The van der Waals surface area contributed by atoms with Crippen LogP contribution in [0.25, 0.3) is 60.2 Å². The third-order valence-electron chi connectivity index (χ3n) is 9.17. The lowest BCUT2D eigenvalue weighted by Crippen LogP contribution is -2.10. The molecule has 0 aliphatic carbocycles. The molecule has 0 aliphatic rings. The van der Waals surface area contributed by atoms with Gasteiger partial charge in [0.2, 0.25) is 0 Å². The summed E-state index contributed by atoms with van der Waals surface area (Å²) >= 11 is 0. The van der Waals surface area contributed by atoms with E-state index >= 15 is 0 Å². The summed E-state index contributed by atoms with van der Waals surface area (Å²) in [6.45, 7) is 0. The van der Waals surface area contributed by atoms with Crippen LogP contribution in [-0.2, 0) is 0 Å². The second-order valence-electron chi connectivity index (χ2n) is 11.7. The number of para-hydroxylation sites is 1. The number of anilines is 3. The molecular weight excluding hydrogens is 558 g/mol. The van der Waals surface area contributed by atoms with Gasteiger partial charge < -0.3 is 9.47 Å². The molecule has 3 nitrogen and oxygen atoms in total. The Morgan fingerprint density at radius 1 is 0.478 bits per heavy atom. The molecule has 0 saturated heterocycles. The van der Waals surface area contributed by atoms with Crippen LogP contribution >= 0.6 is 0 Å². The van der Waals surface area contributed by atoms with E-state index < -0.39 is 0 Å². The van der Waals surface area contributed by atoms with Crippen molar-refractivity contribution in [2.75, 3.05) is 4.90 Å². The molecule has 0 bridgehead atoms. The number of rotatable bonds is 5. The van der Waals surface area contributed by atoms with Gasteiger partial charge in [0.15, 0.2) is 0 Å². The lowest BCUT2D eigenvalue weighted by atomic mass is 9.94. The molecule has 0 amide bonds. The van der Waals surface area contributed by atoms with E-state index in [-0.39, 0.29) is 0 Å². The molecule has 0 aliphatic heterocycles. The Bertz CT molecular complexity index is 2570. The van der Waals surface area contributed by atoms with Gasteiger partial charge in [-0.15, -0.1) is 0 Å². The standard InChI is InChI=1S/C43H27N3/c44-28-29-16-21-34(22-17-29)45(39-14-6-9-30-8-4-5-13-37(30)39)35-23-18-31(19-24-35)36-26-27-41-43-38(36)25-20-32-10-7-15-40(42(32)43)46(41)33-11-2-1-3-12-33/h1-27H. The fourth-order valence-corrected chi connectivity index (χ4v) is 7.10. The van der Waals surface area contributed by atoms with E-state index in [4.69, 9.17) is 0 Å². The Hall–Kier alpha value is -6.37. The first kappa shape index (κ1) is 26.1. The van der Waals surface area contributed by atoms with E-state index in [1.54, 1.807) is 0 Å². The highest BCUT2D eigenvalue weighted by molar-refractivity contribution is 6.26. The summed E-state index contributed by atoms with van der Waals surface area (Å²) in [4.78, 5) is 2.28. The van der Waals surface area contributed by atoms with Crippen LogP contribution in [0.2, 0.25) is 0 Å². The number of fused-ring (bicyclic) bond motifs is 1. The average Bonchev–Trinajstić information content (AvgIpc) is 3.47. The molecule has 1 heterocycles. The van der Waals surface area contributed by atoms with Crippen molar-refractivity contribution in [3.05, 3.63) is 169 Å². The van der Waals surface area contributed by atoms with Crippen LogP contribution in [-0.4, -0.2) is 4.57 Å². The first-order valence-corrected chi connectivity index (χ1v) is 15.5. The summed E-state index contributed by atoms with van der Waals surface area (Å²) in [6.07, 6.45) is 0. The van der Waals surface area contributed by atoms with Crippen molar-refractivity contribution < 1.29 is 0 Å². The van der Waals surface area contributed by atoms with Crippen LogP contribution in [0.5, 0.6) is 0 Å². The van der Waals surface area contributed by atoms with Crippen molar-refractivity contribution in [1.82, 2.24) is 4.57 Å². The average molecular weight is 586 g/mol. The molecule has 1 aromatic heterocycles. The van der Waals surface area contributed by atoms with Gasteiger partial charge in [0.25, 0.3) is 0 Å². The summed E-state index contributed by atoms with van der Waals surface area (Å²) in [5.74, 6) is 0. The van der Waals surface area contributed by atoms with E-state index in [2.05, 4.69) is 155 Å². The highest BCUT2D eigenvalue weighted by atomic mass is 15.1. The van der Waals surface area contributed by atoms with Gasteiger partial charge in [-0.1, -0.05) is 97.1 Å². The highest BCUT2D eigenvalue weighted by Gasteiger charge is 2.20. The number of aromatic nitrogens is 1. The molecular formula is C43H27N3. The maximum absolute atomic E-state index is 9.44. The van der Waals surface area contributed by atoms with Crippen molar-refractivity contribution >= 4 is 60.4 Å². The molecule has 9 aromatic rings. The van der Waals surface area contributed by atoms with Crippen LogP contribution in [0.15, 0.2) is 164 Å². The minimum absolute atomic E-state index is 0.645. The number of hydrogen-bond donors (Lipinski definition) is 0. The molecule has 0 unspecified atom stereocenters. The molecule has 0 saturated carbocycles. The Labute approximate surface area is 266 Å². The third-order valence-corrected chi connectivity index (χ3v) is 9.17. The molecule has 0 N–H and O–H groups in total. The molecule has 0 radical (unpaired) electrons. The second kappa shape index (κ2) is 10.4. The summed E-state index contributed by atoms with van der Waals surface area (Å²) in [6, 6.07) is 60.1. The molecule has 214 valence electrons. The lowest BCUT2D eigenvalue weighted by molar-refractivity contribution is 1.18. The monoisotopic (exact) mass is 585 g/mol. The van der Waals surface area contributed by atoms with Crippen molar-refractivity contribution in [1.29, 1.82) is 5.26 Å². The van der Waals surface area contributed by atoms with Gasteiger partial charge in [0.05, 0.1) is 28.4 Å². The van der Waals surface area contributed by atoms with Gasteiger partial charge in [-0.3, -0.25) is 0 Å². The molecule has 46 heavy (non-hydrogen) atoms. The molecule has 8 aromatic carbocycles. The van der Waals surface area contributed by atoms with E-state index in [9.17, 15) is 5.26 Å². The molecule has 9 rings (SSSR count). The Morgan fingerprint density at radius 2 is 1.15 bits per heavy atom. The topological polar surface area (TPSA) is 32.0 Å². The normalized spacial score (nSPS) is 11.5. The molecule has 0 spiro atoms. The highest BCUT2D eigenvalue weighted by Crippen LogP contribution is 2.44. The molecule has 0 fully saturated rings. The van der Waals surface area contributed by atoms with Crippen molar-refractivity contribution in [2.24, 2.45) is 0 Å². The minimum Gasteiger partial charge on any atom is -0.310 e. The van der Waals surface area contributed by atoms with Crippen LogP contribution in [0, 0.1) is 11.3 Å². The SMILES string of the molecule is N#Cc1ccc(N(c2ccc(-c3ccc4c5c3ccc3cccc(c35)n4-c3ccccc3)cc2)c2cccc3ccccc23)cc1. The number of hydrogen-bond acceptors (Lipinski definition) is 2. The largest absolute Gasteiger partial charge is 0.310 e. The van der Waals surface area contributed by atoms with E-state index in [1.165, 1.54) is 60.2 Å². The Morgan fingerprint density at radius 3 is 1.96 bits per heavy atom.